The van der Waals surface area contributed by atoms with Gasteiger partial charge < -0.3 is 14.4 Å². The Hall–Kier alpha value is -2.42. The van der Waals surface area contributed by atoms with E-state index >= 15 is 0 Å². The van der Waals surface area contributed by atoms with Gasteiger partial charge in [-0.1, -0.05) is 12.1 Å². The van der Waals surface area contributed by atoms with E-state index in [9.17, 15) is 5.11 Å². The Kier molecular flexibility index (Phi) is 3.11. The standard InChI is InChI=1S/C17H17NO2/c1-12-4-3-5-16(8-12)20-11-14-9-13-10-15(19)6-7-17(13)18(14)2/h3-10,19H,11H2,1-2H3. The fourth-order valence-corrected chi connectivity index (χ4v) is 2.39. The summed E-state index contributed by atoms with van der Waals surface area (Å²) in [6.07, 6.45) is 0. The van der Waals surface area contributed by atoms with Gasteiger partial charge in [-0.15, -0.1) is 0 Å². The average molecular weight is 267 g/mol. The number of rotatable bonds is 3. The number of aromatic hydroxyl groups is 1. The molecule has 0 aliphatic heterocycles. The van der Waals surface area contributed by atoms with Crippen molar-refractivity contribution in [3.05, 3.63) is 59.8 Å². The van der Waals surface area contributed by atoms with Crippen LogP contribution in [0.25, 0.3) is 10.9 Å². The number of hydrogen-bond acceptors (Lipinski definition) is 2. The molecule has 0 atom stereocenters. The number of benzene rings is 2. The van der Waals surface area contributed by atoms with Crippen LogP contribution in [0.4, 0.5) is 0 Å². The van der Waals surface area contributed by atoms with Gasteiger partial charge in [0.2, 0.25) is 0 Å². The molecule has 3 nitrogen and oxygen atoms in total. The van der Waals surface area contributed by atoms with Gasteiger partial charge in [-0.3, -0.25) is 0 Å². The fourth-order valence-electron chi connectivity index (χ4n) is 2.39. The third-order valence-electron chi connectivity index (χ3n) is 3.50. The van der Waals surface area contributed by atoms with Gasteiger partial charge in [0.15, 0.2) is 0 Å². The third kappa shape index (κ3) is 2.35. The number of phenols is 1. The second kappa shape index (κ2) is 4.93. The SMILES string of the molecule is Cc1cccc(OCc2cc3cc(O)ccc3n2C)c1. The molecule has 0 spiro atoms. The second-order valence-electron chi connectivity index (χ2n) is 5.04. The molecule has 0 fully saturated rings. The van der Waals surface area contributed by atoms with Crippen molar-refractivity contribution in [1.82, 2.24) is 4.57 Å². The Balaban J connectivity index is 1.86. The molecule has 0 unspecified atom stereocenters. The zero-order valence-electron chi connectivity index (χ0n) is 11.6. The summed E-state index contributed by atoms with van der Waals surface area (Å²) in [5.74, 6) is 1.16. The van der Waals surface area contributed by atoms with Crippen LogP contribution in [0.2, 0.25) is 0 Å². The van der Waals surface area contributed by atoms with E-state index in [1.165, 1.54) is 5.56 Å². The molecule has 0 saturated carbocycles. The molecule has 2 aromatic carbocycles. The van der Waals surface area contributed by atoms with Crippen molar-refractivity contribution in [2.24, 2.45) is 7.05 Å². The maximum absolute atomic E-state index is 9.53. The first-order valence-electron chi connectivity index (χ1n) is 6.60. The van der Waals surface area contributed by atoms with E-state index in [1.807, 2.05) is 50.4 Å². The maximum Gasteiger partial charge on any atom is 0.128 e. The van der Waals surface area contributed by atoms with Crippen LogP contribution in [0.3, 0.4) is 0 Å². The zero-order chi connectivity index (χ0) is 14.1. The summed E-state index contributed by atoms with van der Waals surface area (Å²) in [7, 11) is 2.01. The molecule has 0 aliphatic rings. The summed E-state index contributed by atoms with van der Waals surface area (Å²) in [6, 6.07) is 15.5. The van der Waals surface area contributed by atoms with Gasteiger partial charge in [0.05, 0.1) is 5.69 Å². The zero-order valence-corrected chi connectivity index (χ0v) is 11.6. The Morgan fingerprint density at radius 2 is 1.95 bits per heavy atom. The quantitative estimate of drug-likeness (QED) is 0.783. The van der Waals surface area contributed by atoms with E-state index in [4.69, 9.17) is 4.74 Å². The lowest BCUT2D eigenvalue weighted by atomic mass is 10.2. The maximum atomic E-state index is 9.53. The fraction of sp³-hybridized carbons (Fsp3) is 0.176. The molecule has 102 valence electrons. The molecule has 0 bridgehead atoms. The summed E-state index contributed by atoms with van der Waals surface area (Å²) >= 11 is 0. The Bertz CT molecular complexity index is 759. The van der Waals surface area contributed by atoms with Gasteiger partial charge in [0.1, 0.15) is 18.1 Å². The van der Waals surface area contributed by atoms with Crippen molar-refractivity contribution < 1.29 is 9.84 Å². The molecule has 3 heteroatoms. The first-order valence-corrected chi connectivity index (χ1v) is 6.60. The average Bonchev–Trinajstić information content (AvgIpc) is 2.72. The normalized spacial score (nSPS) is 10.9. The number of fused-ring (bicyclic) bond motifs is 1. The molecule has 0 radical (unpaired) electrons. The third-order valence-corrected chi connectivity index (χ3v) is 3.50. The lowest BCUT2D eigenvalue weighted by Crippen LogP contribution is -2.01. The smallest absolute Gasteiger partial charge is 0.128 e. The van der Waals surface area contributed by atoms with Crippen molar-refractivity contribution in [3.63, 3.8) is 0 Å². The lowest BCUT2D eigenvalue weighted by Gasteiger charge is -2.08. The minimum atomic E-state index is 0.286. The molecule has 0 aliphatic carbocycles. The van der Waals surface area contributed by atoms with E-state index in [-0.39, 0.29) is 5.75 Å². The predicted molar refractivity (Wildman–Crippen MR) is 80.1 cm³/mol. The van der Waals surface area contributed by atoms with E-state index < -0.39 is 0 Å². The number of aryl methyl sites for hydroxylation is 2. The second-order valence-corrected chi connectivity index (χ2v) is 5.04. The van der Waals surface area contributed by atoms with Gasteiger partial charge >= 0.3 is 0 Å². The Labute approximate surface area is 118 Å². The monoisotopic (exact) mass is 267 g/mol. The molecule has 20 heavy (non-hydrogen) atoms. The van der Waals surface area contributed by atoms with Gasteiger partial charge in [-0.25, -0.2) is 0 Å². The van der Waals surface area contributed by atoms with Crippen LogP contribution in [0.1, 0.15) is 11.3 Å². The predicted octanol–water partition coefficient (Wildman–Crippen LogP) is 3.77. The summed E-state index contributed by atoms with van der Waals surface area (Å²) < 4.78 is 7.92. The van der Waals surface area contributed by atoms with Crippen LogP contribution < -0.4 is 4.74 Å². The van der Waals surface area contributed by atoms with Crippen molar-refractivity contribution >= 4 is 10.9 Å². The van der Waals surface area contributed by atoms with Crippen LogP contribution in [0, 0.1) is 6.92 Å². The summed E-state index contributed by atoms with van der Waals surface area (Å²) in [5.41, 5.74) is 3.35. The highest BCUT2D eigenvalue weighted by atomic mass is 16.5. The number of nitrogens with zero attached hydrogens (tertiary/aromatic N) is 1. The highest BCUT2D eigenvalue weighted by Crippen LogP contribution is 2.24. The molecular formula is C17H17NO2. The van der Waals surface area contributed by atoms with Crippen LogP contribution >= 0.6 is 0 Å². The van der Waals surface area contributed by atoms with Crippen LogP contribution in [-0.4, -0.2) is 9.67 Å². The van der Waals surface area contributed by atoms with E-state index in [2.05, 4.69) is 4.57 Å². The van der Waals surface area contributed by atoms with Crippen molar-refractivity contribution in [1.29, 1.82) is 0 Å². The number of aromatic nitrogens is 1. The summed E-state index contributed by atoms with van der Waals surface area (Å²) in [5, 5.41) is 10.6. The first-order chi connectivity index (χ1) is 9.63. The Morgan fingerprint density at radius 1 is 1.10 bits per heavy atom. The first kappa shape index (κ1) is 12.6. The summed E-state index contributed by atoms with van der Waals surface area (Å²) in [4.78, 5) is 0. The summed E-state index contributed by atoms with van der Waals surface area (Å²) in [6.45, 7) is 2.56. The van der Waals surface area contributed by atoms with Crippen LogP contribution in [0.5, 0.6) is 11.5 Å². The molecule has 3 rings (SSSR count). The number of phenolic OH excluding ortho intramolecular Hbond substituents is 1. The van der Waals surface area contributed by atoms with Gasteiger partial charge in [0, 0.05) is 18.0 Å². The molecule has 1 N–H and O–H groups in total. The van der Waals surface area contributed by atoms with Crippen molar-refractivity contribution in [3.8, 4) is 11.5 Å². The molecule has 3 aromatic rings. The number of hydrogen-bond donors (Lipinski definition) is 1. The molecule has 1 heterocycles. The minimum absolute atomic E-state index is 0.286. The van der Waals surface area contributed by atoms with Crippen LogP contribution in [-0.2, 0) is 13.7 Å². The topological polar surface area (TPSA) is 34.4 Å². The van der Waals surface area contributed by atoms with E-state index in [0.717, 1.165) is 22.3 Å². The van der Waals surface area contributed by atoms with Crippen molar-refractivity contribution in [2.45, 2.75) is 13.5 Å². The van der Waals surface area contributed by atoms with Gasteiger partial charge in [-0.05, 0) is 48.9 Å². The van der Waals surface area contributed by atoms with E-state index in [0.29, 0.717) is 6.61 Å². The largest absolute Gasteiger partial charge is 0.508 e. The van der Waals surface area contributed by atoms with Crippen LogP contribution in [0.15, 0.2) is 48.5 Å². The van der Waals surface area contributed by atoms with E-state index in [1.54, 1.807) is 12.1 Å². The van der Waals surface area contributed by atoms with Gasteiger partial charge in [0.25, 0.3) is 0 Å². The Morgan fingerprint density at radius 3 is 2.75 bits per heavy atom. The number of ether oxygens (including phenoxy) is 1. The lowest BCUT2D eigenvalue weighted by molar-refractivity contribution is 0.297. The highest BCUT2D eigenvalue weighted by Gasteiger charge is 2.07. The molecular weight excluding hydrogens is 250 g/mol. The minimum Gasteiger partial charge on any atom is -0.508 e. The molecule has 1 aromatic heterocycles. The highest BCUT2D eigenvalue weighted by molar-refractivity contribution is 5.82. The van der Waals surface area contributed by atoms with Gasteiger partial charge in [-0.2, -0.15) is 0 Å². The van der Waals surface area contributed by atoms with Crippen molar-refractivity contribution in [2.75, 3.05) is 0 Å². The molecule has 0 saturated heterocycles. The molecule has 0 amide bonds.